The molecule has 146 valence electrons. The number of halogens is 2. The maximum absolute atomic E-state index is 13.1. The van der Waals surface area contributed by atoms with Crippen LogP contribution in [-0.2, 0) is 0 Å². The van der Waals surface area contributed by atoms with Crippen LogP contribution < -0.4 is 0 Å². The summed E-state index contributed by atoms with van der Waals surface area (Å²) in [6.45, 7) is 2.10. The lowest BCUT2D eigenvalue weighted by Crippen LogP contribution is -2.53. The maximum Gasteiger partial charge on any atom is 0.254 e. The molecule has 0 atom stereocenters. The molecule has 0 saturated carbocycles. The van der Waals surface area contributed by atoms with Crippen molar-refractivity contribution in [3.8, 4) is 0 Å². The minimum atomic E-state index is -0.196. The van der Waals surface area contributed by atoms with Crippen LogP contribution in [0.25, 0.3) is 0 Å². The summed E-state index contributed by atoms with van der Waals surface area (Å²) < 4.78 is 1.87. The molecule has 2 amide bonds. The third kappa shape index (κ3) is 3.89. The van der Waals surface area contributed by atoms with Crippen molar-refractivity contribution in [2.75, 3.05) is 25.4 Å². The first kappa shape index (κ1) is 20.0. The van der Waals surface area contributed by atoms with Gasteiger partial charge < -0.3 is 9.80 Å². The van der Waals surface area contributed by atoms with Crippen LogP contribution in [0.5, 0.6) is 0 Å². The van der Waals surface area contributed by atoms with Crippen molar-refractivity contribution in [1.29, 1.82) is 0 Å². The molecule has 4 nitrogen and oxygen atoms in total. The van der Waals surface area contributed by atoms with Crippen molar-refractivity contribution >= 4 is 55.4 Å². The quantitative estimate of drug-likeness (QED) is 0.554. The average Bonchev–Trinajstić information content (AvgIpc) is 3.11. The number of benzene rings is 2. The van der Waals surface area contributed by atoms with Gasteiger partial charge in [-0.3, -0.25) is 9.59 Å². The van der Waals surface area contributed by atoms with Gasteiger partial charge in [0, 0.05) is 45.5 Å². The maximum atomic E-state index is 13.1. The molecule has 2 aliphatic heterocycles. The van der Waals surface area contributed by atoms with E-state index in [-0.39, 0.29) is 16.7 Å². The van der Waals surface area contributed by atoms with Gasteiger partial charge in [-0.1, -0.05) is 37.9 Å². The summed E-state index contributed by atoms with van der Waals surface area (Å²) in [6.07, 6.45) is 1.61. The Bertz CT molecular complexity index is 896. The van der Waals surface area contributed by atoms with E-state index >= 15 is 0 Å². The largest absolute Gasteiger partial charge is 0.338 e. The molecule has 2 aromatic carbocycles. The number of hydrogen-bond acceptors (Lipinski definition) is 3. The monoisotopic (exact) mass is 522 g/mol. The minimum Gasteiger partial charge on any atom is -0.338 e. The number of nitrogens with zero attached hydrogens (tertiary/aromatic N) is 2. The van der Waals surface area contributed by atoms with Gasteiger partial charge in [0.25, 0.3) is 11.8 Å². The van der Waals surface area contributed by atoms with Crippen LogP contribution >= 0.6 is 43.6 Å². The van der Waals surface area contributed by atoms with E-state index < -0.39 is 0 Å². The van der Waals surface area contributed by atoms with Gasteiger partial charge in [-0.2, -0.15) is 0 Å². The zero-order valence-electron chi connectivity index (χ0n) is 15.2. The predicted octanol–water partition coefficient (Wildman–Crippen LogP) is 5.03. The Labute approximate surface area is 185 Å². The summed E-state index contributed by atoms with van der Waals surface area (Å²) in [5.41, 5.74) is 1.42. The molecule has 2 heterocycles. The van der Waals surface area contributed by atoms with Gasteiger partial charge in [0.1, 0.15) is 0 Å². The molecule has 2 aliphatic rings. The van der Waals surface area contributed by atoms with Crippen LogP contribution in [0.1, 0.15) is 33.6 Å². The fraction of sp³-hybridized carbons (Fsp3) is 0.333. The van der Waals surface area contributed by atoms with Crippen molar-refractivity contribution in [2.24, 2.45) is 0 Å². The van der Waals surface area contributed by atoms with Gasteiger partial charge in [0.15, 0.2) is 0 Å². The summed E-state index contributed by atoms with van der Waals surface area (Å²) in [5.74, 6) is 1.09. The SMILES string of the molecule is O=C(c1cccc(Br)c1)N1CCC2(CC1)SCCN2C(=O)c1ccc(Br)cc1. The van der Waals surface area contributed by atoms with E-state index in [9.17, 15) is 9.59 Å². The van der Waals surface area contributed by atoms with E-state index in [0.717, 1.165) is 39.6 Å². The third-order valence-electron chi connectivity index (χ3n) is 5.42. The predicted molar refractivity (Wildman–Crippen MR) is 120 cm³/mol. The molecule has 0 aromatic heterocycles. The highest BCUT2D eigenvalue weighted by Gasteiger charge is 2.47. The van der Waals surface area contributed by atoms with Gasteiger partial charge in [-0.05, 0) is 55.3 Å². The highest BCUT2D eigenvalue weighted by atomic mass is 79.9. The van der Waals surface area contributed by atoms with Crippen molar-refractivity contribution in [3.63, 3.8) is 0 Å². The first-order valence-corrected chi connectivity index (χ1v) is 11.8. The van der Waals surface area contributed by atoms with Crippen LogP contribution in [-0.4, -0.2) is 51.9 Å². The first-order chi connectivity index (χ1) is 13.5. The van der Waals surface area contributed by atoms with Crippen LogP contribution in [0.3, 0.4) is 0 Å². The summed E-state index contributed by atoms with van der Waals surface area (Å²) in [4.78, 5) is 29.7. The number of likely N-dealkylation sites (tertiary alicyclic amines) is 1. The number of carbonyl (C=O) groups is 2. The molecule has 0 bridgehead atoms. The Kier molecular flexibility index (Phi) is 5.86. The molecule has 2 saturated heterocycles. The van der Waals surface area contributed by atoms with E-state index in [2.05, 4.69) is 31.9 Å². The zero-order valence-corrected chi connectivity index (χ0v) is 19.2. The molecule has 1 spiro atoms. The number of thioether (sulfide) groups is 1. The minimum absolute atomic E-state index is 0.0601. The standard InChI is InChI=1S/C21H20Br2N2O2S/c22-17-6-4-15(5-7-17)20(27)25-12-13-28-21(25)8-10-24(11-9-21)19(26)16-2-1-3-18(23)14-16/h1-7,14H,8-13H2. The molecule has 28 heavy (non-hydrogen) atoms. The number of amides is 2. The van der Waals surface area contributed by atoms with E-state index in [4.69, 9.17) is 0 Å². The van der Waals surface area contributed by atoms with Crippen LogP contribution in [0.2, 0.25) is 0 Å². The van der Waals surface area contributed by atoms with E-state index in [1.54, 1.807) is 0 Å². The van der Waals surface area contributed by atoms with E-state index in [0.29, 0.717) is 18.7 Å². The van der Waals surface area contributed by atoms with Crippen LogP contribution in [0, 0.1) is 0 Å². The molecule has 0 aliphatic carbocycles. The van der Waals surface area contributed by atoms with Crippen molar-refractivity contribution in [2.45, 2.75) is 17.7 Å². The lowest BCUT2D eigenvalue weighted by molar-refractivity contribution is 0.0498. The van der Waals surface area contributed by atoms with E-state index in [1.165, 1.54) is 0 Å². The van der Waals surface area contributed by atoms with Crippen LogP contribution in [0.15, 0.2) is 57.5 Å². The van der Waals surface area contributed by atoms with Crippen LogP contribution in [0.4, 0.5) is 0 Å². The Morgan fingerprint density at radius 2 is 1.57 bits per heavy atom. The number of piperidine rings is 1. The van der Waals surface area contributed by atoms with Gasteiger partial charge >= 0.3 is 0 Å². The summed E-state index contributed by atoms with van der Waals surface area (Å²) in [6, 6.07) is 15.1. The number of carbonyl (C=O) groups excluding carboxylic acids is 2. The molecule has 4 rings (SSSR count). The summed E-state index contributed by atoms with van der Waals surface area (Å²) in [5, 5.41) is 0. The van der Waals surface area contributed by atoms with Crippen molar-refractivity contribution in [3.05, 3.63) is 68.6 Å². The average molecular weight is 524 g/mol. The van der Waals surface area contributed by atoms with Gasteiger partial charge in [-0.15, -0.1) is 11.8 Å². The second-order valence-corrected chi connectivity index (χ2v) is 10.3. The molecule has 2 fully saturated rings. The normalized spacial score (nSPS) is 18.5. The Hall–Kier alpha value is -1.31. The molecule has 7 heteroatoms. The lowest BCUT2D eigenvalue weighted by atomic mass is 10.00. The Morgan fingerprint density at radius 1 is 0.857 bits per heavy atom. The highest BCUT2D eigenvalue weighted by Crippen LogP contribution is 2.44. The summed E-state index contributed by atoms with van der Waals surface area (Å²) in [7, 11) is 0. The van der Waals surface area contributed by atoms with E-state index in [1.807, 2.05) is 70.1 Å². The second kappa shape index (κ2) is 8.20. The molecule has 0 radical (unpaired) electrons. The van der Waals surface area contributed by atoms with Crippen molar-refractivity contribution < 1.29 is 9.59 Å². The molecule has 0 unspecified atom stereocenters. The molecule has 0 N–H and O–H groups in total. The second-order valence-electron chi connectivity index (χ2n) is 7.06. The zero-order chi connectivity index (χ0) is 19.7. The molecule has 2 aromatic rings. The van der Waals surface area contributed by atoms with Gasteiger partial charge in [0.2, 0.25) is 0 Å². The number of rotatable bonds is 2. The smallest absolute Gasteiger partial charge is 0.254 e. The molecular weight excluding hydrogens is 504 g/mol. The Balaban J connectivity index is 1.47. The lowest BCUT2D eigenvalue weighted by Gasteiger charge is -2.44. The highest BCUT2D eigenvalue weighted by molar-refractivity contribution is 9.10. The van der Waals surface area contributed by atoms with Gasteiger partial charge in [-0.25, -0.2) is 0 Å². The third-order valence-corrected chi connectivity index (χ3v) is 7.99. The fourth-order valence-electron chi connectivity index (χ4n) is 3.92. The van der Waals surface area contributed by atoms with Crippen molar-refractivity contribution in [1.82, 2.24) is 9.80 Å². The number of hydrogen-bond donors (Lipinski definition) is 0. The fourth-order valence-corrected chi connectivity index (χ4v) is 6.04. The topological polar surface area (TPSA) is 40.6 Å². The van der Waals surface area contributed by atoms with Gasteiger partial charge in [0.05, 0.1) is 4.87 Å². The summed E-state index contributed by atoms with van der Waals surface area (Å²) >= 11 is 8.72. The Morgan fingerprint density at radius 3 is 2.25 bits per heavy atom. The molecular formula is C21H20Br2N2O2S. The first-order valence-electron chi connectivity index (χ1n) is 9.25.